The van der Waals surface area contributed by atoms with Gasteiger partial charge in [-0.25, -0.2) is 14.5 Å². The lowest BCUT2D eigenvalue weighted by molar-refractivity contribution is 0.0595. The van der Waals surface area contributed by atoms with E-state index in [2.05, 4.69) is 48.6 Å². The van der Waals surface area contributed by atoms with Crippen molar-refractivity contribution < 1.29 is 9.53 Å². The third kappa shape index (κ3) is 2.67. The second-order valence-corrected chi connectivity index (χ2v) is 6.42. The lowest BCUT2D eigenvalue weighted by atomic mass is 10.2. The van der Waals surface area contributed by atoms with Crippen LogP contribution in [0.2, 0.25) is 0 Å². The van der Waals surface area contributed by atoms with E-state index in [9.17, 15) is 4.79 Å². The van der Waals surface area contributed by atoms with Gasteiger partial charge in [0.15, 0.2) is 11.3 Å². The lowest BCUT2D eigenvalue weighted by Gasteiger charge is -2.03. The SMILES string of the molecule is COC(=O)c1nn(-c2cccc(Br)c2)c2ncc(I)cc12. The maximum Gasteiger partial charge on any atom is 0.359 e. The molecule has 21 heavy (non-hydrogen) atoms. The molecule has 3 aromatic rings. The quantitative estimate of drug-likeness (QED) is 0.436. The normalized spacial score (nSPS) is 10.8. The molecule has 2 heterocycles. The van der Waals surface area contributed by atoms with Crippen LogP contribution in [-0.2, 0) is 4.74 Å². The van der Waals surface area contributed by atoms with E-state index in [1.807, 2.05) is 30.3 Å². The summed E-state index contributed by atoms with van der Waals surface area (Å²) in [5.74, 6) is -0.474. The average molecular weight is 458 g/mol. The van der Waals surface area contributed by atoms with Crippen molar-refractivity contribution in [3.8, 4) is 5.69 Å². The van der Waals surface area contributed by atoms with Crippen molar-refractivity contribution in [2.24, 2.45) is 0 Å². The van der Waals surface area contributed by atoms with Crippen LogP contribution in [0, 0.1) is 3.57 Å². The van der Waals surface area contributed by atoms with Crippen molar-refractivity contribution in [1.82, 2.24) is 14.8 Å². The van der Waals surface area contributed by atoms with Gasteiger partial charge < -0.3 is 4.74 Å². The van der Waals surface area contributed by atoms with Crippen LogP contribution >= 0.6 is 38.5 Å². The fourth-order valence-electron chi connectivity index (χ4n) is 2.01. The van der Waals surface area contributed by atoms with Gasteiger partial charge in [0.05, 0.1) is 18.2 Å². The van der Waals surface area contributed by atoms with Crippen LogP contribution in [-0.4, -0.2) is 27.8 Å². The van der Waals surface area contributed by atoms with Crippen LogP contribution < -0.4 is 0 Å². The van der Waals surface area contributed by atoms with Crippen molar-refractivity contribution in [2.75, 3.05) is 7.11 Å². The summed E-state index contributed by atoms with van der Waals surface area (Å²) in [5.41, 5.74) is 1.70. The predicted octanol–water partition coefficient (Wildman–Crippen LogP) is 3.57. The van der Waals surface area contributed by atoms with Crippen LogP contribution in [0.3, 0.4) is 0 Å². The molecule has 0 unspecified atom stereocenters. The Kier molecular flexibility index (Phi) is 3.94. The number of rotatable bonds is 2. The number of carbonyl (C=O) groups is 1. The number of hydrogen-bond acceptors (Lipinski definition) is 4. The number of benzene rings is 1. The molecular weight excluding hydrogens is 449 g/mol. The molecule has 3 rings (SSSR count). The number of esters is 1. The minimum atomic E-state index is -0.474. The van der Waals surface area contributed by atoms with E-state index >= 15 is 0 Å². The van der Waals surface area contributed by atoms with Crippen LogP contribution in [0.15, 0.2) is 41.0 Å². The van der Waals surface area contributed by atoms with Gasteiger partial charge in [-0.15, -0.1) is 0 Å². The number of nitrogens with zero attached hydrogens (tertiary/aromatic N) is 3. The molecular formula is C14H9BrIN3O2. The Labute approximate surface area is 142 Å². The van der Waals surface area contributed by atoms with E-state index in [0.29, 0.717) is 11.0 Å². The first-order valence-electron chi connectivity index (χ1n) is 5.98. The number of methoxy groups -OCH3 is 1. The average Bonchev–Trinajstić information content (AvgIpc) is 2.85. The zero-order valence-electron chi connectivity index (χ0n) is 10.9. The molecule has 0 aliphatic heterocycles. The molecule has 0 aliphatic carbocycles. The molecule has 5 nitrogen and oxygen atoms in total. The molecule has 0 atom stereocenters. The van der Waals surface area contributed by atoms with Crippen molar-refractivity contribution >= 4 is 55.5 Å². The standard InChI is InChI=1S/C14H9BrIN3O2/c1-21-14(20)12-11-6-9(16)7-17-13(11)19(18-12)10-4-2-3-8(15)5-10/h2-7H,1H3. The van der Waals surface area contributed by atoms with Crippen molar-refractivity contribution in [3.05, 3.63) is 50.3 Å². The molecule has 0 aliphatic rings. The summed E-state index contributed by atoms with van der Waals surface area (Å²) in [6, 6.07) is 9.51. The number of hydrogen-bond donors (Lipinski definition) is 0. The molecule has 0 fully saturated rings. The smallest absolute Gasteiger partial charge is 0.359 e. The summed E-state index contributed by atoms with van der Waals surface area (Å²) >= 11 is 5.58. The number of pyridine rings is 1. The first-order valence-corrected chi connectivity index (χ1v) is 7.86. The summed E-state index contributed by atoms with van der Waals surface area (Å²) in [6.45, 7) is 0. The molecule has 0 amide bonds. The third-order valence-corrected chi connectivity index (χ3v) is 4.00. The van der Waals surface area contributed by atoms with Crippen LogP contribution in [0.1, 0.15) is 10.5 Å². The minimum absolute atomic E-state index is 0.262. The fraction of sp³-hybridized carbons (Fsp3) is 0.0714. The third-order valence-electron chi connectivity index (χ3n) is 2.92. The summed E-state index contributed by atoms with van der Waals surface area (Å²) in [6.07, 6.45) is 1.74. The van der Waals surface area contributed by atoms with Gasteiger partial charge in [0.25, 0.3) is 0 Å². The molecule has 2 aromatic heterocycles. The van der Waals surface area contributed by atoms with Gasteiger partial charge in [-0.3, -0.25) is 0 Å². The van der Waals surface area contributed by atoms with Gasteiger partial charge in [0.2, 0.25) is 0 Å². The van der Waals surface area contributed by atoms with Crippen LogP contribution in [0.25, 0.3) is 16.7 Å². The van der Waals surface area contributed by atoms with E-state index in [1.165, 1.54) is 7.11 Å². The summed E-state index contributed by atoms with van der Waals surface area (Å²) in [4.78, 5) is 16.3. The Balaban J connectivity index is 2.31. The van der Waals surface area contributed by atoms with Crippen molar-refractivity contribution in [1.29, 1.82) is 0 Å². The van der Waals surface area contributed by atoms with E-state index in [0.717, 1.165) is 13.7 Å². The minimum Gasteiger partial charge on any atom is -0.464 e. The molecule has 0 N–H and O–H groups in total. The van der Waals surface area contributed by atoms with Crippen LogP contribution in [0.5, 0.6) is 0 Å². The van der Waals surface area contributed by atoms with Crippen molar-refractivity contribution in [2.45, 2.75) is 0 Å². The Morgan fingerprint density at radius 3 is 2.90 bits per heavy atom. The summed E-state index contributed by atoms with van der Waals surface area (Å²) in [5, 5.41) is 5.04. The molecule has 0 bridgehead atoms. The highest BCUT2D eigenvalue weighted by Gasteiger charge is 2.19. The Morgan fingerprint density at radius 2 is 2.19 bits per heavy atom. The Morgan fingerprint density at radius 1 is 1.38 bits per heavy atom. The highest BCUT2D eigenvalue weighted by atomic mass is 127. The molecule has 0 spiro atoms. The van der Waals surface area contributed by atoms with E-state index in [-0.39, 0.29) is 5.69 Å². The summed E-state index contributed by atoms with van der Waals surface area (Å²) < 4.78 is 8.30. The van der Waals surface area contributed by atoms with Gasteiger partial charge in [-0.05, 0) is 46.9 Å². The molecule has 7 heteroatoms. The zero-order chi connectivity index (χ0) is 15.0. The van der Waals surface area contributed by atoms with Gasteiger partial charge in [0, 0.05) is 14.2 Å². The van der Waals surface area contributed by atoms with E-state index in [4.69, 9.17) is 4.74 Å². The second kappa shape index (κ2) is 5.72. The van der Waals surface area contributed by atoms with Gasteiger partial charge >= 0.3 is 5.97 Å². The largest absolute Gasteiger partial charge is 0.464 e. The highest BCUT2D eigenvalue weighted by Crippen LogP contribution is 2.24. The Bertz CT molecular complexity index is 847. The first-order chi connectivity index (χ1) is 10.1. The van der Waals surface area contributed by atoms with Crippen LogP contribution in [0.4, 0.5) is 0 Å². The molecule has 106 valence electrons. The zero-order valence-corrected chi connectivity index (χ0v) is 14.6. The maximum absolute atomic E-state index is 11.9. The predicted molar refractivity (Wildman–Crippen MR) is 90.6 cm³/mol. The van der Waals surface area contributed by atoms with E-state index < -0.39 is 5.97 Å². The topological polar surface area (TPSA) is 57.0 Å². The molecule has 1 aromatic carbocycles. The van der Waals surface area contributed by atoms with Gasteiger partial charge in [-0.1, -0.05) is 22.0 Å². The highest BCUT2D eigenvalue weighted by molar-refractivity contribution is 14.1. The van der Waals surface area contributed by atoms with Gasteiger partial charge in [0.1, 0.15) is 0 Å². The monoisotopic (exact) mass is 457 g/mol. The first kappa shape index (κ1) is 14.5. The molecule has 0 saturated carbocycles. The Hall–Kier alpha value is -1.48. The molecule has 0 saturated heterocycles. The van der Waals surface area contributed by atoms with Crippen molar-refractivity contribution in [3.63, 3.8) is 0 Å². The summed E-state index contributed by atoms with van der Waals surface area (Å²) in [7, 11) is 1.34. The van der Waals surface area contributed by atoms with Gasteiger partial charge in [-0.2, -0.15) is 5.10 Å². The number of halogens is 2. The van der Waals surface area contributed by atoms with E-state index in [1.54, 1.807) is 10.9 Å². The molecule has 0 radical (unpaired) electrons. The number of aromatic nitrogens is 3. The number of carbonyl (C=O) groups excluding carboxylic acids is 1. The second-order valence-electron chi connectivity index (χ2n) is 4.26. The number of fused-ring (bicyclic) bond motifs is 1. The maximum atomic E-state index is 11.9. The lowest BCUT2D eigenvalue weighted by Crippen LogP contribution is -2.04. The number of ether oxygens (including phenoxy) is 1. The fourth-order valence-corrected chi connectivity index (χ4v) is 2.85.